The van der Waals surface area contributed by atoms with Gasteiger partial charge in [0.25, 0.3) is 5.91 Å². The molecule has 0 saturated heterocycles. The molecular formula is C19H12F3NO3S. The second-order valence-electron chi connectivity index (χ2n) is 5.60. The van der Waals surface area contributed by atoms with Gasteiger partial charge in [0, 0.05) is 24.1 Å². The smallest absolute Gasteiger partial charge is 0.348 e. The molecule has 27 heavy (non-hydrogen) atoms. The molecule has 1 amide bonds. The number of hydrogen-bond donors (Lipinski definition) is 1. The van der Waals surface area contributed by atoms with Gasteiger partial charge in [0.1, 0.15) is 27.9 Å². The van der Waals surface area contributed by atoms with Crippen molar-refractivity contribution in [1.29, 1.82) is 0 Å². The van der Waals surface area contributed by atoms with Crippen LogP contribution < -0.4 is 4.90 Å². The van der Waals surface area contributed by atoms with Crippen LogP contribution in [-0.4, -0.2) is 24.0 Å². The third-order valence-corrected chi connectivity index (χ3v) is 5.01. The van der Waals surface area contributed by atoms with Crippen LogP contribution in [0.25, 0.3) is 10.4 Å². The Hall–Kier alpha value is -3.13. The van der Waals surface area contributed by atoms with Crippen molar-refractivity contribution in [1.82, 2.24) is 0 Å². The molecule has 3 aromatic rings. The van der Waals surface area contributed by atoms with E-state index in [1.807, 2.05) is 0 Å². The summed E-state index contributed by atoms with van der Waals surface area (Å²) in [5, 5.41) is 9.45. The van der Waals surface area contributed by atoms with Crippen molar-refractivity contribution >= 4 is 28.9 Å². The zero-order valence-electron chi connectivity index (χ0n) is 13.9. The van der Waals surface area contributed by atoms with E-state index in [1.54, 1.807) is 30.3 Å². The average Bonchev–Trinajstić information content (AvgIpc) is 3.06. The van der Waals surface area contributed by atoms with Crippen LogP contribution in [0.4, 0.5) is 18.9 Å². The lowest BCUT2D eigenvalue weighted by molar-refractivity contribution is 0.0703. The number of carboxylic acids is 1. The van der Waals surface area contributed by atoms with Gasteiger partial charge in [-0.2, -0.15) is 0 Å². The number of thiophene rings is 1. The highest BCUT2D eigenvalue weighted by atomic mass is 32.1. The van der Waals surface area contributed by atoms with E-state index in [1.165, 1.54) is 13.1 Å². The Morgan fingerprint density at radius 3 is 2.15 bits per heavy atom. The van der Waals surface area contributed by atoms with E-state index in [2.05, 4.69) is 0 Å². The lowest BCUT2D eigenvalue weighted by Crippen LogP contribution is -2.29. The molecule has 1 aromatic heterocycles. The van der Waals surface area contributed by atoms with Crippen LogP contribution >= 0.6 is 11.3 Å². The van der Waals surface area contributed by atoms with Gasteiger partial charge in [-0.15, -0.1) is 11.3 Å². The van der Waals surface area contributed by atoms with Gasteiger partial charge >= 0.3 is 5.97 Å². The summed E-state index contributed by atoms with van der Waals surface area (Å²) in [5.41, 5.74) is -0.238. The fourth-order valence-corrected chi connectivity index (χ4v) is 3.58. The van der Waals surface area contributed by atoms with Gasteiger partial charge in [-0.25, -0.2) is 18.0 Å². The molecule has 0 aliphatic rings. The minimum absolute atomic E-state index is 0.0144. The number of rotatable bonds is 4. The maximum atomic E-state index is 13.9. The van der Waals surface area contributed by atoms with Crippen molar-refractivity contribution in [2.45, 2.75) is 0 Å². The van der Waals surface area contributed by atoms with E-state index < -0.39 is 34.9 Å². The third-order valence-electron chi connectivity index (χ3n) is 3.85. The predicted molar refractivity (Wildman–Crippen MR) is 95.8 cm³/mol. The number of aromatic carboxylic acids is 1. The number of halogens is 3. The van der Waals surface area contributed by atoms with Gasteiger partial charge in [-0.05, 0) is 11.6 Å². The second-order valence-corrected chi connectivity index (χ2v) is 6.66. The van der Waals surface area contributed by atoms with Crippen molar-refractivity contribution < 1.29 is 27.9 Å². The Labute approximate surface area is 156 Å². The summed E-state index contributed by atoms with van der Waals surface area (Å²) in [4.78, 5) is 25.4. The number of amides is 1. The molecule has 0 saturated carbocycles. The molecule has 0 spiro atoms. The Bertz CT molecular complexity index is 1010. The Balaban J connectivity index is 2.06. The van der Waals surface area contributed by atoms with Gasteiger partial charge in [0.15, 0.2) is 0 Å². The lowest BCUT2D eigenvalue weighted by atomic mass is 10.1. The van der Waals surface area contributed by atoms with E-state index in [-0.39, 0.29) is 10.6 Å². The van der Waals surface area contributed by atoms with Crippen LogP contribution in [0.2, 0.25) is 0 Å². The number of carbonyl (C=O) groups excluding carboxylic acids is 1. The molecule has 3 rings (SSSR count). The van der Waals surface area contributed by atoms with E-state index in [0.717, 1.165) is 21.8 Å². The minimum atomic E-state index is -1.36. The first-order valence-corrected chi connectivity index (χ1v) is 8.46. The first kappa shape index (κ1) is 18.7. The fraction of sp³-hybridized carbons (Fsp3) is 0.0526. The summed E-state index contributed by atoms with van der Waals surface area (Å²) in [6, 6.07) is 11.1. The van der Waals surface area contributed by atoms with Crippen LogP contribution in [0.1, 0.15) is 20.0 Å². The molecule has 0 atom stereocenters. The number of carbonyl (C=O) groups is 2. The van der Waals surface area contributed by atoms with Crippen LogP contribution in [0.15, 0.2) is 48.5 Å². The quantitative estimate of drug-likeness (QED) is 0.695. The maximum absolute atomic E-state index is 13.9. The van der Waals surface area contributed by atoms with Gasteiger partial charge in [0.05, 0.1) is 5.69 Å². The highest BCUT2D eigenvalue weighted by Crippen LogP contribution is 2.37. The Morgan fingerprint density at radius 1 is 1.00 bits per heavy atom. The number of hydrogen-bond acceptors (Lipinski definition) is 3. The molecule has 0 unspecified atom stereocenters. The molecule has 1 heterocycles. The largest absolute Gasteiger partial charge is 0.477 e. The van der Waals surface area contributed by atoms with Crippen LogP contribution in [-0.2, 0) is 0 Å². The minimum Gasteiger partial charge on any atom is -0.477 e. The van der Waals surface area contributed by atoms with Crippen molar-refractivity contribution in [2.24, 2.45) is 0 Å². The van der Waals surface area contributed by atoms with Crippen LogP contribution in [0, 0.1) is 17.5 Å². The number of nitrogens with zero attached hydrogens (tertiary/aromatic N) is 1. The summed E-state index contributed by atoms with van der Waals surface area (Å²) in [5.74, 6) is -6.28. The summed E-state index contributed by atoms with van der Waals surface area (Å²) in [7, 11) is 1.20. The van der Waals surface area contributed by atoms with Gasteiger partial charge in [-0.1, -0.05) is 30.3 Å². The monoisotopic (exact) mass is 391 g/mol. The zero-order valence-corrected chi connectivity index (χ0v) is 14.7. The summed E-state index contributed by atoms with van der Waals surface area (Å²) in [6.07, 6.45) is 0. The van der Waals surface area contributed by atoms with Crippen molar-refractivity contribution in [3.8, 4) is 10.4 Å². The molecule has 0 bridgehead atoms. The highest BCUT2D eigenvalue weighted by molar-refractivity contribution is 7.18. The van der Waals surface area contributed by atoms with Crippen LogP contribution in [0.5, 0.6) is 0 Å². The standard InChI is InChI=1S/C19H12F3NO3S/c1-23(18(24)16-12(21)7-11(20)8-13(16)22)14-9-15(27-17(14)19(25)26)10-5-3-2-4-6-10/h2-9H,1H3,(H,25,26). The normalized spacial score (nSPS) is 10.7. The van der Waals surface area contributed by atoms with E-state index in [0.29, 0.717) is 17.0 Å². The van der Waals surface area contributed by atoms with E-state index in [9.17, 15) is 27.9 Å². The first-order chi connectivity index (χ1) is 12.8. The topological polar surface area (TPSA) is 57.6 Å². The summed E-state index contributed by atoms with van der Waals surface area (Å²) >= 11 is 0.932. The molecule has 2 aromatic carbocycles. The first-order valence-electron chi connectivity index (χ1n) is 7.64. The average molecular weight is 391 g/mol. The van der Waals surface area contributed by atoms with E-state index >= 15 is 0 Å². The number of benzene rings is 2. The molecule has 8 heteroatoms. The highest BCUT2D eigenvalue weighted by Gasteiger charge is 2.27. The third kappa shape index (κ3) is 3.56. The number of carboxylic acid groups (broad SMARTS) is 1. The summed E-state index contributed by atoms with van der Waals surface area (Å²) in [6.45, 7) is 0. The van der Waals surface area contributed by atoms with Crippen LogP contribution in [0.3, 0.4) is 0 Å². The molecule has 0 aliphatic carbocycles. The van der Waals surface area contributed by atoms with Crippen molar-refractivity contribution in [3.05, 3.63) is 76.4 Å². The van der Waals surface area contributed by atoms with E-state index in [4.69, 9.17) is 0 Å². The second kappa shape index (κ2) is 7.24. The molecule has 0 fully saturated rings. The molecule has 138 valence electrons. The Kier molecular flexibility index (Phi) is 5.00. The zero-order chi connectivity index (χ0) is 19.7. The molecule has 1 N–H and O–H groups in total. The van der Waals surface area contributed by atoms with Gasteiger partial charge in [-0.3, -0.25) is 4.79 Å². The van der Waals surface area contributed by atoms with Crippen molar-refractivity contribution in [3.63, 3.8) is 0 Å². The maximum Gasteiger partial charge on any atom is 0.348 e. The predicted octanol–water partition coefficient (Wildman–Crippen LogP) is 4.81. The summed E-state index contributed by atoms with van der Waals surface area (Å²) < 4.78 is 40.9. The molecule has 4 nitrogen and oxygen atoms in total. The fourth-order valence-electron chi connectivity index (χ4n) is 2.55. The SMILES string of the molecule is CN(C(=O)c1c(F)cc(F)cc1F)c1cc(-c2ccccc2)sc1C(=O)O. The Morgan fingerprint density at radius 2 is 1.59 bits per heavy atom. The molecule has 0 radical (unpaired) electrons. The van der Waals surface area contributed by atoms with Gasteiger partial charge in [0.2, 0.25) is 0 Å². The van der Waals surface area contributed by atoms with Crippen molar-refractivity contribution in [2.75, 3.05) is 11.9 Å². The lowest BCUT2D eigenvalue weighted by Gasteiger charge is -2.17. The molecular weight excluding hydrogens is 379 g/mol. The molecule has 0 aliphatic heterocycles. The number of anilines is 1. The van der Waals surface area contributed by atoms with Gasteiger partial charge < -0.3 is 10.0 Å².